The summed E-state index contributed by atoms with van der Waals surface area (Å²) < 4.78 is 13.8. The minimum atomic E-state index is -0.716. The van der Waals surface area contributed by atoms with Gasteiger partial charge in [-0.1, -0.05) is 0 Å². The molecule has 1 unspecified atom stereocenters. The molecule has 0 radical (unpaired) electrons. The number of fused-ring (bicyclic) bond motifs is 1. The molecule has 4 rings (SSSR count). The van der Waals surface area contributed by atoms with E-state index in [1.807, 2.05) is 40.0 Å². The Kier molecular flexibility index (Phi) is 5.95. The maximum atomic E-state index is 12.8. The molecule has 0 bridgehead atoms. The van der Waals surface area contributed by atoms with E-state index < -0.39 is 11.2 Å². The lowest BCUT2D eigenvalue weighted by Crippen LogP contribution is -2.51. The van der Waals surface area contributed by atoms with Gasteiger partial charge in [0.25, 0.3) is 0 Å². The van der Waals surface area contributed by atoms with Crippen molar-refractivity contribution < 1.29 is 19.1 Å². The van der Waals surface area contributed by atoms with Gasteiger partial charge in [-0.2, -0.15) is 5.10 Å². The van der Waals surface area contributed by atoms with E-state index in [0.717, 1.165) is 15.9 Å². The minimum absolute atomic E-state index is 0.331. The number of nitrogens with zero attached hydrogens (tertiary/aromatic N) is 6. The van der Waals surface area contributed by atoms with Crippen molar-refractivity contribution in [3.05, 3.63) is 22.9 Å². The van der Waals surface area contributed by atoms with Gasteiger partial charge in [0.05, 0.1) is 17.2 Å². The van der Waals surface area contributed by atoms with E-state index in [2.05, 4.69) is 30.9 Å². The molecule has 0 aliphatic carbocycles. The molecule has 10 nitrogen and oxygen atoms in total. The van der Waals surface area contributed by atoms with Crippen molar-refractivity contribution in [1.29, 1.82) is 0 Å². The van der Waals surface area contributed by atoms with E-state index in [-0.39, 0.29) is 12.2 Å². The van der Waals surface area contributed by atoms with Gasteiger partial charge in [-0.05, 0) is 49.7 Å². The van der Waals surface area contributed by atoms with Gasteiger partial charge in [-0.15, -0.1) is 0 Å². The Morgan fingerprint density at radius 3 is 2.50 bits per heavy atom. The second-order valence-corrected chi connectivity index (χ2v) is 10.3. The molecule has 2 aliphatic rings. The molecule has 0 N–H and O–H groups in total. The number of piperazine rings is 1. The van der Waals surface area contributed by atoms with Crippen LogP contribution in [0.4, 0.5) is 15.4 Å². The van der Waals surface area contributed by atoms with Crippen LogP contribution >= 0.6 is 15.9 Å². The first-order chi connectivity index (χ1) is 15.0. The summed E-state index contributed by atoms with van der Waals surface area (Å²) in [5.74, 6) is 0.850. The summed E-state index contributed by atoms with van der Waals surface area (Å²) in [6.07, 6.45) is 3.45. The third kappa shape index (κ3) is 4.92. The Labute approximate surface area is 195 Å². The summed E-state index contributed by atoms with van der Waals surface area (Å²) >= 11 is 3.46. The number of likely N-dealkylation sites (tertiary alicyclic amines) is 1. The van der Waals surface area contributed by atoms with Gasteiger partial charge in [0.15, 0.2) is 5.65 Å². The maximum absolute atomic E-state index is 12.8. The fourth-order valence-corrected chi connectivity index (χ4v) is 4.26. The Morgan fingerprint density at radius 1 is 1.09 bits per heavy atom. The average Bonchev–Trinajstić information content (AvgIpc) is 3.30. The van der Waals surface area contributed by atoms with E-state index in [1.165, 1.54) is 0 Å². The highest BCUT2D eigenvalue weighted by atomic mass is 79.9. The normalized spacial score (nSPS) is 21.8. The molecule has 2 fully saturated rings. The predicted octanol–water partition coefficient (Wildman–Crippen LogP) is 3.15. The zero-order valence-corrected chi connectivity index (χ0v) is 20.5. The van der Waals surface area contributed by atoms with Crippen LogP contribution in [0.2, 0.25) is 0 Å². The Morgan fingerprint density at radius 2 is 1.81 bits per heavy atom. The molecular formula is C21H29BrN6O4. The number of carbonyl (C=O) groups is 2. The van der Waals surface area contributed by atoms with Gasteiger partial charge in [-0.25, -0.2) is 19.1 Å². The standard InChI is InChI=1S/C21H29BrN6O4/c1-20(2,3)31-19(30)27-8-6-21(4,14-27)32-18(29)26-11-9-25(10-12-26)16-5-7-28-17(24-16)15(22)13-23-28/h5,7,13H,6,8-12,14H2,1-4H3. The van der Waals surface area contributed by atoms with Crippen molar-refractivity contribution in [1.82, 2.24) is 24.4 Å². The summed E-state index contributed by atoms with van der Waals surface area (Å²) in [5, 5.41) is 4.22. The van der Waals surface area contributed by atoms with E-state index in [0.29, 0.717) is 45.7 Å². The summed E-state index contributed by atoms with van der Waals surface area (Å²) in [6.45, 7) is 10.6. The van der Waals surface area contributed by atoms with Crippen LogP contribution < -0.4 is 4.90 Å². The third-order valence-corrected chi connectivity index (χ3v) is 6.15. The molecule has 2 aromatic rings. The van der Waals surface area contributed by atoms with Gasteiger partial charge in [0, 0.05) is 45.3 Å². The zero-order chi connectivity index (χ0) is 23.1. The first-order valence-corrected chi connectivity index (χ1v) is 11.5. The van der Waals surface area contributed by atoms with Crippen molar-refractivity contribution in [2.45, 2.75) is 45.3 Å². The quantitative estimate of drug-likeness (QED) is 0.614. The Balaban J connectivity index is 1.30. The van der Waals surface area contributed by atoms with Crippen LogP contribution in [0.25, 0.3) is 5.65 Å². The number of ether oxygens (including phenoxy) is 2. The second kappa shape index (κ2) is 8.42. The Hall–Kier alpha value is -2.56. The fraction of sp³-hybridized carbons (Fsp3) is 0.619. The van der Waals surface area contributed by atoms with E-state index in [1.54, 1.807) is 20.5 Å². The van der Waals surface area contributed by atoms with Crippen LogP contribution in [0.1, 0.15) is 34.1 Å². The van der Waals surface area contributed by atoms with Crippen LogP contribution in [0.5, 0.6) is 0 Å². The van der Waals surface area contributed by atoms with Crippen LogP contribution in [0.3, 0.4) is 0 Å². The monoisotopic (exact) mass is 508 g/mol. The number of rotatable bonds is 2. The van der Waals surface area contributed by atoms with Crippen LogP contribution in [-0.2, 0) is 9.47 Å². The first kappa shape index (κ1) is 22.6. The molecule has 0 aromatic carbocycles. The molecule has 1 atom stereocenters. The van der Waals surface area contributed by atoms with Crippen molar-refractivity contribution in [2.75, 3.05) is 44.2 Å². The fourth-order valence-electron chi connectivity index (χ4n) is 3.90. The molecule has 2 aromatic heterocycles. The lowest BCUT2D eigenvalue weighted by Gasteiger charge is -2.36. The number of hydrogen-bond donors (Lipinski definition) is 0. The summed E-state index contributed by atoms with van der Waals surface area (Å²) in [5.41, 5.74) is -0.514. The van der Waals surface area contributed by atoms with Crippen LogP contribution in [0, 0.1) is 0 Å². The molecule has 2 amide bonds. The lowest BCUT2D eigenvalue weighted by atomic mass is 10.1. The minimum Gasteiger partial charge on any atom is -0.444 e. The highest BCUT2D eigenvalue weighted by Crippen LogP contribution is 2.28. The lowest BCUT2D eigenvalue weighted by molar-refractivity contribution is -0.00147. The van der Waals surface area contributed by atoms with Crippen molar-refractivity contribution >= 4 is 39.6 Å². The van der Waals surface area contributed by atoms with Crippen molar-refractivity contribution in [2.24, 2.45) is 0 Å². The molecule has 2 saturated heterocycles. The molecule has 0 spiro atoms. The molecule has 174 valence electrons. The molecule has 11 heteroatoms. The molecule has 0 saturated carbocycles. The number of amides is 2. The predicted molar refractivity (Wildman–Crippen MR) is 122 cm³/mol. The van der Waals surface area contributed by atoms with Gasteiger partial charge in [0.2, 0.25) is 0 Å². The van der Waals surface area contributed by atoms with E-state index in [4.69, 9.17) is 9.47 Å². The molecule has 32 heavy (non-hydrogen) atoms. The Bertz CT molecular complexity index is 1010. The van der Waals surface area contributed by atoms with Gasteiger partial charge in [0.1, 0.15) is 17.0 Å². The maximum Gasteiger partial charge on any atom is 0.410 e. The van der Waals surface area contributed by atoms with Crippen LogP contribution in [-0.4, -0.2) is 87.1 Å². The SMILES string of the molecule is CC(C)(C)OC(=O)N1CCC(C)(OC(=O)N2CCN(c3ccn4ncc(Br)c4n3)CC2)C1. The highest BCUT2D eigenvalue weighted by molar-refractivity contribution is 9.10. The second-order valence-electron chi connectivity index (χ2n) is 9.49. The summed E-state index contributed by atoms with van der Waals surface area (Å²) in [7, 11) is 0. The molecule has 4 heterocycles. The number of aromatic nitrogens is 3. The largest absolute Gasteiger partial charge is 0.444 e. The van der Waals surface area contributed by atoms with Gasteiger partial charge >= 0.3 is 12.2 Å². The summed E-state index contributed by atoms with van der Waals surface area (Å²) in [4.78, 5) is 35.3. The van der Waals surface area contributed by atoms with E-state index >= 15 is 0 Å². The number of anilines is 1. The number of carbonyl (C=O) groups excluding carboxylic acids is 2. The third-order valence-electron chi connectivity index (χ3n) is 5.59. The number of halogens is 1. The number of hydrogen-bond acceptors (Lipinski definition) is 7. The summed E-state index contributed by atoms with van der Waals surface area (Å²) in [6, 6.07) is 1.92. The molecule has 2 aliphatic heterocycles. The van der Waals surface area contributed by atoms with E-state index in [9.17, 15) is 9.59 Å². The van der Waals surface area contributed by atoms with Gasteiger partial charge in [-0.3, -0.25) is 0 Å². The van der Waals surface area contributed by atoms with Gasteiger partial charge < -0.3 is 24.2 Å². The van der Waals surface area contributed by atoms with Crippen molar-refractivity contribution in [3.8, 4) is 0 Å². The first-order valence-electron chi connectivity index (χ1n) is 10.7. The highest BCUT2D eigenvalue weighted by Gasteiger charge is 2.42. The smallest absolute Gasteiger partial charge is 0.410 e. The van der Waals surface area contributed by atoms with Crippen molar-refractivity contribution in [3.63, 3.8) is 0 Å². The average molecular weight is 509 g/mol. The topological polar surface area (TPSA) is 92.5 Å². The van der Waals surface area contributed by atoms with Crippen LogP contribution in [0.15, 0.2) is 22.9 Å². The zero-order valence-electron chi connectivity index (χ0n) is 18.9. The molecular weight excluding hydrogens is 480 g/mol.